The van der Waals surface area contributed by atoms with E-state index in [-0.39, 0.29) is 12.0 Å². The second kappa shape index (κ2) is 5.11. The van der Waals surface area contributed by atoms with Crippen LogP contribution in [0.5, 0.6) is 0 Å². The lowest BCUT2D eigenvalue weighted by molar-refractivity contribution is 0.234. The number of benzene rings is 1. The zero-order chi connectivity index (χ0) is 11.4. The maximum atomic E-state index is 13.1. The first-order chi connectivity index (χ1) is 7.00. The number of halogens is 2. The molecule has 0 atom stereocenters. The van der Waals surface area contributed by atoms with Crippen LogP contribution in [-0.4, -0.2) is 23.7 Å². The van der Waals surface area contributed by atoms with Gasteiger partial charge in [-0.25, -0.2) is 8.78 Å². The fraction of sp³-hybridized carbons (Fsp3) is 0.300. The van der Waals surface area contributed by atoms with Crippen LogP contribution in [0.4, 0.5) is 13.6 Å². The van der Waals surface area contributed by atoms with Crippen LogP contribution in [0.1, 0.15) is 5.56 Å². The summed E-state index contributed by atoms with van der Waals surface area (Å²) in [6, 6.07) is 3.27. The fourth-order valence-electron chi connectivity index (χ4n) is 1.12. The quantitative estimate of drug-likeness (QED) is 0.792. The zero-order valence-corrected chi connectivity index (χ0v) is 9.10. The Hall–Kier alpha value is -1.10. The van der Waals surface area contributed by atoms with Crippen LogP contribution in [0, 0.1) is 11.6 Å². The topological polar surface area (TPSA) is 20.3 Å². The van der Waals surface area contributed by atoms with Gasteiger partial charge in [0, 0.05) is 13.6 Å². The summed E-state index contributed by atoms with van der Waals surface area (Å²) in [5.41, 5.74) is 0.261. The highest BCUT2D eigenvalue weighted by molar-refractivity contribution is 7.96. The van der Waals surface area contributed by atoms with Gasteiger partial charge in [-0.2, -0.15) is 0 Å². The molecule has 0 fully saturated rings. The molecule has 1 aromatic carbocycles. The number of hydrogen-bond donors (Lipinski definition) is 1. The van der Waals surface area contributed by atoms with Gasteiger partial charge in [0.25, 0.3) is 5.24 Å². The lowest BCUT2D eigenvalue weighted by Crippen LogP contribution is -2.23. The third kappa shape index (κ3) is 3.51. The van der Waals surface area contributed by atoms with Crippen molar-refractivity contribution in [2.24, 2.45) is 0 Å². The van der Waals surface area contributed by atoms with E-state index in [9.17, 15) is 13.6 Å². The Balaban J connectivity index is 2.65. The summed E-state index contributed by atoms with van der Waals surface area (Å²) >= 11 is 3.60. The summed E-state index contributed by atoms with van der Waals surface area (Å²) in [6.45, 7) is 0.308. The monoisotopic (exact) mass is 231 g/mol. The van der Waals surface area contributed by atoms with Crippen molar-refractivity contribution in [3.8, 4) is 0 Å². The first kappa shape index (κ1) is 12.0. The molecule has 1 rings (SSSR count). The average molecular weight is 231 g/mol. The lowest BCUT2D eigenvalue weighted by atomic mass is 10.1. The van der Waals surface area contributed by atoms with Crippen LogP contribution in [0.15, 0.2) is 18.2 Å². The molecule has 0 unspecified atom stereocenters. The van der Waals surface area contributed by atoms with Crippen LogP contribution in [0.25, 0.3) is 0 Å². The Morgan fingerprint density at radius 1 is 1.47 bits per heavy atom. The molecule has 0 aliphatic carbocycles. The minimum atomic E-state index is -0.480. The van der Waals surface area contributed by atoms with Crippen LogP contribution >= 0.6 is 12.6 Å². The number of nitrogens with zero attached hydrogens (tertiary/aromatic N) is 1. The van der Waals surface area contributed by atoms with Gasteiger partial charge in [0.1, 0.15) is 11.6 Å². The van der Waals surface area contributed by atoms with Crippen molar-refractivity contribution in [1.82, 2.24) is 4.90 Å². The van der Waals surface area contributed by atoms with E-state index < -0.39 is 16.9 Å². The third-order valence-electron chi connectivity index (χ3n) is 2.05. The molecule has 0 bridgehead atoms. The van der Waals surface area contributed by atoms with E-state index in [0.29, 0.717) is 6.54 Å². The van der Waals surface area contributed by atoms with Gasteiger partial charge < -0.3 is 4.90 Å². The zero-order valence-electron chi connectivity index (χ0n) is 8.20. The molecule has 0 N–H and O–H groups in total. The van der Waals surface area contributed by atoms with E-state index in [1.165, 1.54) is 4.90 Å². The highest BCUT2D eigenvalue weighted by Crippen LogP contribution is 2.10. The van der Waals surface area contributed by atoms with Crippen molar-refractivity contribution in [2.75, 3.05) is 13.6 Å². The van der Waals surface area contributed by atoms with E-state index >= 15 is 0 Å². The molecular formula is C10H11F2NOS. The Morgan fingerprint density at radius 3 is 2.73 bits per heavy atom. The maximum absolute atomic E-state index is 13.1. The molecule has 0 aliphatic rings. The molecule has 15 heavy (non-hydrogen) atoms. The van der Waals surface area contributed by atoms with E-state index in [2.05, 4.69) is 12.6 Å². The normalized spacial score (nSPS) is 10.1. The minimum Gasteiger partial charge on any atom is -0.337 e. The Bertz CT molecular complexity index is 370. The number of thiol groups is 1. The first-order valence-electron chi connectivity index (χ1n) is 4.38. The van der Waals surface area contributed by atoms with Gasteiger partial charge >= 0.3 is 0 Å². The van der Waals surface area contributed by atoms with Gasteiger partial charge in [0.15, 0.2) is 0 Å². The highest BCUT2D eigenvalue weighted by atomic mass is 32.1. The van der Waals surface area contributed by atoms with Crippen LogP contribution < -0.4 is 0 Å². The van der Waals surface area contributed by atoms with Crippen molar-refractivity contribution in [3.63, 3.8) is 0 Å². The molecule has 2 nitrogen and oxygen atoms in total. The average Bonchev–Trinajstić information content (AvgIpc) is 2.18. The fourth-order valence-corrected chi connectivity index (χ4v) is 1.22. The number of hydrogen-bond acceptors (Lipinski definition) is 1. The molecular weight excluding hydrogens is 220 g/mol. The Morgan fingerprint density at radius 2 is 2.13 bits per heavy atom. The standard InChI is InChI=1S/C10H11F2NOS/c1-13(10(14)15)5-4-7-6-8(11)2-3-9(7)12/h2-3,6H,4-5H2,1H3,(H,14,15). The first-order valence-corrected chi connectivity index (χ1v) is 4.83. The van der Waals surface area contributed by atoms with E-state index in [4.69, 9.17) is 0 Å². The molecule has 1 amide bonds. The van der Waals surface area contributed by atoms with Crippen molar-refractivity contribution < 1.29 is 13.6 Å². The smallest absolute Gasteiger partial charge is 0.278 e. The predicted octanol–water partition coefficient (Wildman–Crippen LogP) is 2.49. The van der Waals surface area contributed by atoms with E-state index in [1.54, 1.807) is 7.05 Å². The summed E-state index contributed by atoms with van der Waals surface area (Å²) in [5, 5.41) is -0.396. The molecule has 0 heterocycles. The highest BCUT2D eigenvalue weighted by Gasteiger charge is 2.07. The third-order valence-corrected chi connectivity index (χ3v) is 2.39. The van der Waals surface area contributed by atoms with Gasteiger partial charge in [-0.05, 0) is 30.2 Å². The van der Waals surface area contributed by atoms with E-state index in [0.717, 1.165) is 18.2 Å². The number of carbonyl (C=O) groups excluding carboxylic acids is 1. The largest absolute Gasteiger partial charge is 0.337 e. The summed E-state index contributed by atoms with van der Waals surface area (Å²) in [5.74, 6) is -0.942. The Kier molecular flexibility index (Phi) is 4.08. The molecule has 5 heteroatoms. The molecule has 0 aliphatic heterocycles. The molecule has 0 saturated heterocycles. The molecule has 0 radical (unpaired) electrons. The lowest BCUT2D eigenvalue weighted by Gasteiger charge is -2.13. The van der Waals surface area contributed by atoms with Crippen LogP contribution in [-0.2, 0) is 6.42 Å². The molecule has 82 valence electrons. The summed E-state index contributed by atoms with van der Waals surface area (Å²) < 4.78 is 25.9. The van der Waals surface area contributed by atoms with Crippen molar-refractivity contribution in [2.45, 2.75) is 6.42 Å². The van der Waals surface area contributed by atoms with Crippen molar-refractivity contribution in [1.29, 1.82) is 0 Å². The van der Waals surface area contributed by atoms with Crippen LogP contribution in [0.3, 0.4) is 0 Å². The number of likely N-dealkylation sites (N-methyl/N-ethyl adjacent to an activating group) is 1. The predicted molar refractivity (Wildman–Crippen MR) is 57.1 cm³/mol. The second-order valence-corrected chi connectivity index (χ2v) is 3.57. The SMILES string of the molecule is CN(CCc1cc(F)ccc1F)C(=O)S. The summed E-state index contributed by atoms with van der Waals surface area (Å²) in [6.07, 6.45) is 0.270. The second-order valence-electron chi connectivity index (χ2n) is 3.19. The van der Waals surface area contributed by atoms with Gasteiger partial charge in [-0.1, -0.05) is 12.6 Å². The van der Waals surface area contributed by atoms with Gasteiger partial charge in [0.2, 0.25) is 0 Å². The van der Waals surface area contributed by atoms with Gasteiger partial charge in [-0.3, -0.25) is 4.79 Å². The molecule has 0 saturated carbocycles. The minimum absolute atomic E-state index is 0.261. The molecule has 1 aromatic rings. The summed E-state index contributed by atoms with van der Waals surface area (Å²) in [7, 11) is 1.55. The number of carbonyl (C=O) groups is 1. The van der Waals surface area contributed by atoms with Crippen LogP contribution in [0.2, 0.25) is 0 Å². The number of amides is 1. The number of rotatable bonds is 3. The molecule has 0 spiro atoms. The van der Waals surface area contributed by atoms with Crippen molar-refractivity contribution >= 4 is 17.9 Å². The Labute approximate surface area is 92.3 Å². The van der Waals surface area contributed by atoms with E-state index in [1.807, 2.05) is 0 Å². The van der Waals surface area contributed by atoms with Crippen molar-refractivity contribution in [3.05, 3.63) is 35.4 Å². The maximum Gasteiger partial charge on any atom is 0.278 e. The summed E-state index contributed by atoms with van der Waals surface area (Å²) in [4.78, 5) is 12.1. The van der Waals surface area contributed by atoms with Gasteiger partial charge in [0.05, 0.1) is 0 Å². The van der Waals surface area contributed by atoms with Gasteiger partial charge in [-0.15, -0.1) is 0 Å². The molecule has 0 aromatic heterocycles.